The quantitative estimate of drug-likeness (QED) is 0.845. The molecule has 0 saturated heterocycles. The van der Waals surface area contributed by atoms with Crippen LogP contribution < -0.4 is 10.9 Å². The van der Waals surface area contributed by atoms with Crippen molar-refractivity contribution in [2.45, 2.75) is 11.1 Å². The summed E-state index contributed by atoms with van der Waals surface area (Å²) in [6.45, 7) is 1.90. The highest BCUT2D eigenvalue weighted by Crippen LogP contribution is 2.30. The van der Waals surface area contributed by atoms with Crippen molar-refractivity contribution < 1.29 is 4.79 Å². The first-order chi connectivity index (χ1) is 8.60. The monoisotopic (exact) mass is 281 g/mol. The minimum atomic E-state index is -0.285. The Bertz CT molecular complexity index is 613. The maximum Gasteiger partial charge on any atom is 0.258 e. The molecule has 0 bridgehead atoms. The molecule has 0 atom stereocenters. The van der Waals surface area contributed by atoms with Crippen LogP contribution >= 0.6 is 23.1 Å². The Morgan fingerprint density at radius 2 is 2.28 bits per heavy atom. The van der Waals surface area contributed by atoms with Gasteiger partial charge >= 0.3 is 0 Å². The minimum Gasteiger partial charge on any atom is -0.328 e. The fraction of sp³-hybridized carbons (Fsp3) is 0.182. The fourth-order valence-corrected chi connectivity index (χ4v) is 2.95. The largest absolute Gasteiger partial charge is 0.328 e. The maximum absolute atomic E-state index is 11.9. The molecule has 7 heteroatoms. The molecule has 0 aliphatic rings. The standard InChI is InChI=1S/C11H11N3O2S2/c1-6-10(17-2)18-11(13-6)14-9(16)7-3-4-8(15)12-5-7/h3-5H,1-2H3,(H,12,15)(H,13,14,16). The summed E-state index contributed by atoms with van der Waals surface area (Å²) in [5, 5.41) is 3.27. The molecule has 94 valence electrons. The van der Waals surface area contributed by atoms with Crippen LogP contribution in [0.3, 0.4) is 0 Å². The second-order valence-electron chi connectivity index (χ2n) is 3.49. The van der Waals surface area contributed by atoms with Gasteiger partial charge in [0.05, 0.1) is 15.5 Å². The molecule has 2 aromatic rings. The van der Waals surface area contributed by atoms with Crippen molar-refractivity contribution in [2.75, 3.05) is 11.6 Å². The highest BCUT2D eigenvalue weighted by molar-refractivity contribution is 8.00. The van der Waals surface area contributed by atoms with E-state index in [0.29, 0.717) is 10.7 Å². The summed E-state index contributed by atoms with van der Waals surface area (Å²) in [5.41, 5.74) is 1.07. The van der Waals surface area contributed by atoms with Gasteiger partial charge in [0.1, 0.15) is 0 Å². The molecule has 1 amide bonds. The number of aromatic amines is 1. The molecule has 0 fully saturated rings. The van der Waals surface area contributed by atoms with Gasteiger partial charge in [0.15, 0.2) is 5.13 Å². The summed E-state index contributed by atoms with van der Waals surface area (Å²) in [6, 6.07) is 2.79. The minimum absolute atomic E-state index is 0.235. The van der Waals surface area contributed by atoms with Crippen LogP contribution in [-0.2, 0) is 0 Å². The van der Waals surface area contributed by atoms with E-state index in [1.54, 1.807) is 11.8 Å². The molecule has 2 N–H and O–H groups in total. The third kappa shape index (κ3) is 2.80. The molecule has 0 radical (unpaired) electrons. The molecule has 0 saturated carbocycles. The van der Waals surface area contributed by atoms with Gasteiger partial charge in [-0.05, 0) is 19.2 Å². The van der Waals surface area contributed by atoms with E-state index in [-0.39, 0.29) is 11.5 Å². The lowest BCUT2D eigenvalue weighted by molar-refractivity contribution is 0.102. The van der Waals surface area contributed by atoms with Crippen molar-refractivity contribution in [3.63, 3.8) is 0 Å². The number of rotatable bonds is 3. The van der Waals surface area contributed by atoms with Gasteiger partial charge in [-0.2, -0.15) is 0 Å². The van der Waals surface area contributed by atoms with E-state index in [2.05, 4.69) is 15.3 Å². The first-order valence-electron chi connectivity index (χ1n) is 5.11. The predicted molar refractivity (Wildman–Crippen MR) is 73.6 cm³/mol. The highest BCUT2D eigenvalue weighted by Gasteiger charge is 2.11. The fourth-order valence-electron chi connectivity index (χ4n) is 1.35. The summed E-state index contributed by atoms with van der Waals surface area (Å²) >= 11 is 3.03. The number of hydrogen-bond acceptors (Lipinski definition) is 5. The Balaban J connectivity index is 2.15. The van der Waals surface area contributed by atoms with E-state index in [4.69, 9.17) is 0 Å². The average Bonchev–Trinajstić information content (AvgIpc) is 2.70. The van der Waals surface area contributed by atoms with Crippen molar-refractivity contribution in [3.8, 4) is 0 Å². The second kappa shape index (κ2) is 5.36. The number of thiazole rings is 1. The van der Waals surface area contributed by atoms with E-state index >= 15 is 0 Å². The van der Waals surface area contributed by atoms with Crippen molar-refractivity contribution in [2.24, 2.45) is 0 Å². The summed E-state index contributed by atoms with van der Waals surface area (Å²) < 4.78 is 1.08. The third-order valence-electron chi connectivity index (χ3n) is 2.21. The molecule has 2 rings (SSSR count). The van der Waals surface area contributed by atoms with Crippen LogP contribution in [0.1, 0.15) is 16.1 Å². The number of H-pyrrole nitrogens is 1. The number of hydrogen-bond donors (Lipinski definition) is 2. The lowest BCUT2D eigenvalue weighted by Gasteiger charge is -2.00. The number of pyridine rings is 1. The third-order valence-corrected chi connectivity index (χ3v) is 4.49. The van der Waals surface area contributed by atoms with Crippen LogP contribution in [0.4, 0.5) is 5.13 Å². The number of anilines is 1. The molecule has 2 aromatic heterocycles. The first kappa shape index (κ1) is 12.8. The lowest BCUT2D eigenvalue weighted by Crippen LogP contribution is -2.14. The molecule has 2 heterocycles. The number of thioether (sulfide) groups is 1. The van der Waals surface area contributed by atoms with Crippen molar-refractivity contribution in [1.82, 2.24) is 9.97 Å². The molecule has 0 aromatic carbocycles. The zero-order valence-electron chi connectivity index (χ0n) is 9.81. The number of amides is 1. The molecule has 0 spiro atoms. The molecule has 18 heavy (non-hydrogen) atoms. The van der Waals surface area contributed by atoms with Crippen LogP contribution in [0.25, 0.3) is 0 Å². The molecule has 0 aliphatic heterocycles. The Labute approximate surface area is 112 Å². The first-order valence-corrected chi connectivity index (χ1v) is 7.16. The number of nitrogens with zero attached hydrogens (tertiary/aromatic N) is 1. The van der Waals surface area contributed by atoms with Gasteiger partial charge in [-0.1, -0.05) is 11.3 Å². The van der Waals surface area contributed by atoms with Gasteiger partial charge in [0.2, 0.25) is 5.56 Å². The number of carbonyl (C=O) groups excluding carboxylic acids is 1. The smallest absolute Gasteiger partial charge is 0.258 e. The van der Waals surface area contributed by atoms with Crippen LogP contribution in [0, 0.1) is 6.92 Å². The van der Waals surface area contributed by atoms with Crippen LogP contribution in [0.5, 0.6) is 0 Å². The van der Waals surface area contributed by atoms with Gasteiger partial charge in [-0.25, -0.2) is 4.98 Å². The number of aryl methyl sites for hydroxylation is 1. The molecule has 5 nitrogen and oxygen atoms in total. The normalized spacial score (nSPS) is 10.3. The van der Waals surface area contributed by atoms with Crippen molar-refractivity contribution in [1.29, 1.82) is 0 Å². The van der Waals surface area contributed by atoms with Crippen molar-refractivity contribution >= 4 is 34.1 Å². The maximum atomic E-state index is 11.9. The summed E-state index contributed by atoms with van der Waals surface area (Å²) in [6.07, 6.45) is 3.35. The molecular weight excluding hydrogens is 270 g/mol. The van der Waals surface area contributed by atoms with Gasteiger partial charge in [-0.3, -0.25) is 14.9 Å². The predicted octanol–water partition coefficient (Wildman–Crippen LogP) is 2.11. The molecule has 0 aliphatic carbocycles. The summed E-state index contributed by atoms with van der Waals surface area (Å²) in [5.74, 6) is -0.285. The Morgan fingerprint density at radius 1 is 1.50 bits per heavy atom. The van der Waals surface area contributed by atoms with Gasteiger partial charge < -0.3 is 4.98 Å². The Morgan fingerprint density at radius 3 is 2.83 bits per heavy atom. The van der Waals surface area contributed by atoms with E-state index in [1.165, 1.54) is 29.7 Å². The SMILES string of the molecule is CSc1sc(NC(=O)c2ccc(=O)[nH]c2)nc1C. The van der Waals surface area contributed by atoms with Crippen LogP contribution in [-0.4, -0.2) is 22.1 Å². The number of aromatic nitrogens is 2. The highest BCUT2D eigenvalue weighted by atomic mass is 32.2. The zero-order valence-corrected chi connectivity index (χ0v) is 11.4. The zero-order chi connectivity index (χ0) is 13.1. The second-order valence-corrected chi connectivity index (χ2v) is 5.57. The Kier molecular flexibility index (Phi) is 3.83. The van der Waals surface area contributed by atoms with E-state index < -0.39 is 0 Å². The number of carbonyl (C=O) groups is 1. The van der Waals surface area contributed by atoms with Crippen molar-refractivity contribution in [3.05, 3.63) is 39.9 Å². The van der Waals surface area contributed by atoms with Gasteiger partial charge in [0.25, 0.3) is 5.91 Å². The average molecular weight is 281 g/mol. The summed E-state index contributed by atoms with van der Waals surface area (Å²) in [7, 11) is 0. The van der Waals surface area contributed by atoms with E-state index in [0.717, 1.165) is 9.90 Å². The van der Waals surface area contributed by atoms with E-state index in [1.807, 2.05) is 13.2 Å². The molecule has 0 unspecified atom stereocenters. The van der Waals surface area contributed by atoms with Crippen LogP contribution in [0.2, 0.25) is 0 Å². The topological polar surface area (TPSA) is 74.8 Å². The summed E-state index contributed by atoms with van der Waals surface area (Å²) in [4.78, 5) is 29.5. The van der Waals surface area contributed by atoms with Gasteiger partial charge in [0, 0.05) is 12.3 Å². The Hall–Kier alpha value is -1.60. The van der Waals surface area contributed by atoms with Gasteiger partial charge in [-0.15, -0.1) is 11.8 Å². The lowest BCUT2D eigenvalue weighted by atomic mass is 10.3. The van der Waals surface area contributed by atoms with E-state index in [9.17, 15) is 9.59 Å². The number of nitrogens with one attached hydrogen (secondary N) is 2. The van der Waals surface area contributed by atoms with Crippen LogP contribution in [0.15, 0.2) is 27.3 Å². The molecular formula is C11H11N3O2S2.